The Balaban J connectivity index is 3.10. The minimum atomic E-state index is -4.31. The van der Waals surface area contributed by atoms with Gasteiger partial charge in [0.1, 0.15) is 0 Å². The Morgan fingerprint density at radius 2 is 1.50 bits per heavy atom. The standard InChI is InChI=1S/C9H19O6P/c10-9(11)7-5-3-1-2-4-6-8-15-16(12,13)14/h1-8H2,(H,10,11)(H2,12,13,14). The largest absolute Gasteiger partial charge is 0.481 e. The molecule has 0 aromatic carbocycles. The average Bonchev–Trinajstić information content (AvgIpc) is 2.13. The van der Waals surface area contributed by atoms with Crippen molar-refractivity contribution < 1.29 is 28.8 Å². The summed E-state index contributed by atoms with van der Waals surface area (Å²) in [6.45, 7) is 0.0689. The molecule has 0 aliphatic rings. The van der Waals surface area contributed by atoms with Crippen molar-refractivity contribution in [2.24, 2.45) is 0 Å². The zero-order valence-corrected chi connectivity index (χ0v) is 10.1. The molecule has 3 N–H and O–H groups in total. The van der Waals surface area contributed by atoms with Gasteiger partial charge in [-0.1, -0.05) is 25.7 Å². The van der Waals surface area contributed by atoms with Crippen LogP contribution in [0.25, 0.3) is 0 Å². The van der Waals surface area contributed by atoms with Crippen LogP contribution >= 0.6 is 7.82 Å². The van der Waals surface area contributed by atoms with Crippen LogP contribution in [0, 0.1) is 0 Å². The first-order chi connectivity index (χ1) is 7.42. The lowest BCUT2D eigenvalue weighted by atomic mass is 10.1. The summed E-state index contributed by atoms with van der Waals surface area (Å²) in [6, 6.07) is 0. The SMILES string of the molecule is O=C(O)CCCCCCCCOP(=O)(O)O. The summed E-state index contributed by atoms with van der Waals surface area (Å²) >= 11 is 0. The fraction of sp³-hybridized carbons (Fsp3) is 0.889. The predicted octanol–water partition coefficient (Wildman–Crippen LogP) is 1.91. The van der Waals surface area contributed by atoms with E-state index >= 15 is 0 Å². The van der Waals surface area contributed by atoms with Crippen LogP contribution in [-0.2, 0) is 13.9 Å². The summed E-state index contributed by atoms with van der Waals surface area (Å²) < 4.78 is 14.6. The van der Waals surface area contributed by atoms with E-state index in [0.29, 0.717) is 12.8 Å². The second-order valence-corrected chi connectivity index (χ2v) is 4.83. The van der Waals surface area contributed by atoms with E-state index in [1.165, 1.54) is 0 Å². The summed E-state index contributed by atoms with van der Waals surface area (Å²) in [5.74, 6) is -0.768. The first-order valence-electron chi connectivity index (χ1n) is 5.34. The monoisotopic (exact) mass is 254 g/mol. The first-order valence-corrected chi connectivity index (χ1v) is 6.87. The van der Waals surface area contributed by atoms with Crippen molar-refractivity contribution in [3.63, 3.8) is 0 Å². The molecular formula is C9H19O6P. The van der Waals surface area contributed by atoms with E-state index in [2.05, 4.69) is 4.52 Å². The second-order valence-electron chi connectivity index (χ2n) is 3.59. The third-order valence-corrected chi connectivity index (χ3v) is 2.56. The normalized spacial score (nSPS) is 11.6. The lowest BCUT2D eigenvalue weighted by molar-refractivity contribution is -0.137. The molecule has 96 valence electrons. The van der Waals surface area contributed by atoms with Crippen LogP contribution in [0.4, 0.5) is 0 Å². The maximum absolute atomic E-state index is 10.3. The van der Waals surface area contributed by atoms with E-state index in [0.717, 1.165) is 25.7 Å². The van der Waals surface area contributed by atoms with Gasteiger partial charge in [-0.25, -0.2) is 4.57 Å². The zero-order chi connectivity index (χ0) is 12.4. The van der Waals surface area contributed by atoms with E-state index in [1.807, 2.05) is 0 Å². The third-order valence-electron chi connectivity index (χ3n) is 2.04. The van der Waals surface area contributed by atoms with E-state index in [9.17, 15) is 9.36 Å². The van der Waals surface area contributed by atoms with Gasteiger partial charge >= 0.3 is 13.8 Å². The predicted molar refractivity (Wildman–Crippen MR) is 58.0 cm³/mol. The van der Waals surface area contributed by atoms with Gasteiger partial charge in [-0.15, -0.1) is 0 Å². The van der Waals surface area contributed by atoms with Crippen molar-refractivity contribution in [1.82, 2.24) is 0 Å². The molecule has 0 unspecified atom stereocenters. The number of rotatable bonds is 10. The molecule has 0 saturated heterocycles. The molecule has 16 heavy (non-hydrogen) atoms. The molecule has 0 aromatic rings. The van der Waals surface area contributed by atoms with E-state index in [4.69, 9.17) is 14.9 Å². The number of aliphatic carboxylic acids is 1. The van der Waals surface area contributed by atoms with Gasteiger partial charge in [0.15, 0.2) is 0 Å². The van der Waals surface area contributed by atoms with Crippen molar-refractivity contribution in [3.05, 3.63) is 0 Å². The lowest BCUT2D eigenvalue weighted by Crippen LogP contribution is -1.94. The van der Waals surface area contributed by atoms with Crippen molar-refractivity contribution in [3.8, 4) is 0 Å². The summed E-state index contributed by atoms with van der Waals surface area (Å²) in [7, 11) is -4.31. The number of carboxylic acids is 1. The summed E-state index contributed by atoms with van der Waals surface area (Å²) in [6.07, 6.45) is 5.12. The maximum Gasteiger partial charge on any atom is 0.469 e. The van der Waals surface area contributed by atoms with Crippen molar-refractivity contribution in [1.29, 1.82) is 0 Å². The third kappa shape index (κ3) is 13.6. The van der Waals surface area contributed by atoms with Crippen molar-refractivity contribution >= 4 is 13.8 Å². The maximum atomic E-state index is 10.3. The highest BCUT2D eigenvalue weighted by atomic mass is 31.2. The summed E-state index contributed by atoms with van der Waals surface area (Å²) in [5, 5.41) is 8.37. The lowest BCUT2D eigenvalue weighted by Gasteiger charge is -2.04. The molecule has 0 heterocycles. The fourth-order valence-electron chi connectivity index (χ4n) is 1.27. The van der Waals surface area contributed by atoms with Crippen molar-refractivity contribution in [2.75, 3.05) is 6.61 Å². The first kappa shape index (κ1) is 15.6. The van der Waals surface area contributed by atoms with Gasteiger partial charge in [0.25, 0.3) is 0 Å². The minimum Gasteiger partial charge on any atom is -0.481 e. The molecule has 0 bridgehead atoms. The number of phosphoric acid groups is 1. The molecular weight excluding hydrogens is 235 g/mol. The quantitative estimate of drug-likeness (QED) is 0.406. The van der Waals surface area contributed by atoms with Gasteiger partial charge in [0, 0.05) is 6.42 Å². The number of hydrogen-bond donors (Lipinski definition) is 3. The second kappa shape index (κ2) is 8.70. The van der Waals surface area contributed by atoms with E-state index in [-0.39, 0.29) is 13.0 Å². The molecule has 0 rings (SSSR count). The molecule has 0 amide bonds. The smallest absolute Gasteiger partial charge is 0.469 e. The number of carbonyl (C=O) groups is 1. The Morgan fingerprint density at radius 3 is 2.00 bits per heavy atom. The highest BCUT2D eigenvalue weighted by molar-refractivity contribution is 7.46. The molecule has 6 nitrogen and oxygen atoms in total. The van der Waals surface area contributed by atoms with Gasteiger partial charge in [-0.2, -0.15) is 0 Å². The highest BCUT2D eigenvalue weighted by Gasteiger charge is 2.12. The zero-order valence-electron chi connectivity index (χ0n) is 9.17. The van der Waals surface area contributed by atoms with Crippen LogP contribution in [-0.4, -0.2) is 27.5 Å². The Hall–Kier alpha value is -0.420. The Kier molecular flexibility index (Phi) is 8.47. The van der Waals surface area contributed by atoms with E-state index < -0.39 is 13.8 Å². The Labute approximate surface area is 94.9 Å². The van der Waals surface area contributed by atoms with Gasteiger partial charge in [-0.3, -0.25) is 9.32 Å². The van der Waals surface area contributed by atoms with Crippen LogP contribution < -0.4 is 0 Å². The fourth-order valence-corrected chi connectivity index (χ4v) is 1.64. The van der Waals surface area contributed by atoms with Crippen molar-refractivity contribution in [2.45, 2.75) is 44.9 Å². The molecule has 0 spiro atoms. The number of carboxylic acid groups (broad SMARTS) is 1. The van der Waals surface area contributed by atoms with Gasteiger partial charge < -0.3 is 14.9 Å². The molecule has 0 radical (unpaired) electrons. The topological polar surface area (TPSA) is 104 Å². The molecule has 0 aliphatic carbocycles. The molecule has 7 heteroatoms. The number of unbranched alkanes of at least 4 members (excludes halogenated alkanes) is 5. The number of hydrogen-bond acceptors (Lipinski definition) is 3. The Morgan fingerprint density at radius 1 is 1.00 bits per heavy atom. The van der Waals surface area contributed by atoms with Crippen LogP contribution in [0.15, 0.2) is 0 Å². The van der Waals surface area contributed by atoms with Gasteiger partial charge in [0.05, 0.1) is 6.61 Å². The van der Waals surface area contributed by atoms with Gasteiger partial charge in [0.2, 0.25) is 0 Å². The summed E-state index contributed by atoms with van der Waals surface area (Å²) in [5.41, 5.74) is 0. The van der Waals surface area contributed by atoms with Crippen LogP contribution in [0.2, 0.25) is 0 Å². The molecule has 0 fully saturated rings. The molecule has 0 aliphatic heterocycles. The van der Waals surface area contributed by atoms with Crippen LogP contribution in [0.3, 0.4) is 0 Å². The van der Waals surface area contributed by atoms with Crippen LogP contribution in [0.1, 0.15) is 44.9 Å². The minimum absolute atomic E-state index is 0.0689. The molecule has 0 atom stereocenters. The Bertz CT molecular complexity index is 236. The van der Waals surface area contributed by atoms with Crippen LogP contribution in [0.5, 0.6) is 0 Å². The van der Waals surface area contributed by atoms with Gasteiger partial charge in [-0.05, 0) is 12.8 Å². The molecule has 0 aromatic heterocycles. The summed E-state index contributed by atoms with van der Waals surface area (Å²) in [4.78, 5) is 26.9. The average molecular weight is 254 g/mol. The van der Waals surface area contributed by atoms with E-state index in [1.54, 1.807) is 0 Å². The molecule has 0 saturated carbocycles. The number of phosphoric ester groups is 1. The highest BCUT2D eigenvalue weighted by Crippen LogP contribution is 2.35.